The second-order valence-corrected chi connectivity index (χ2v) is 6.80. The molecule has 1 atom stereocenters. The molecule has 2 heterocycles. The number of hydrogen-bond donors (Lipinski definition) is 1. The molecule has 0 aromatic heterocycles. The molecule has 2 aliphatic heterocycles. The quantitative estimate of drug-likeness (QED) is 0.834. The zero-order chi connectivity index (χ0) is 16.6. The monoisotopic (exact) mass is 329 g/mol. The molecule has 0 bridgehead atoms. The van der Waals surface area contributed by atoms with E-state index in [1.807, 2.05) is 18.2 Å². The van der Waals surface area contributed by atoms with Crippen LogP contribution in [0.15, 0.2) is 24.3 Å². The third kappa shape index (κ3) is 2.50. The average Bonchev–Trinajstić information content (AvgIpc) is 2.76. The second-order valence-electron chi connectivity index (χ2n) is 6.80. The second kappa shape index (κ2) is 6.18. The van der Waals surface area contributed by atoms with Crippen molar-refractivity contribution in [1.82, 2.24) is 15.1 Å². The summed E-state index contributed by atoms with van der Waals surface area (Å²) in [5.41, 5.74) is 1.28. The maximum Gasteiger partial charge on any atom is 0.326 e. The minimum atomic E-state index is -0.879. The van der Waals surface area contributed by atoms with Crippen molar-refractivity contribution >= 4 is 11.9 Å². The number of ether oxygens (including phenoxy) is 1. The number of nitrogens with one attached hydrogen (secondary N) is 1. The number of benzene rings is 1. The van der Waals surface area contributed by atoms with Gasteiger partial charge in [-0.25, -0.2) is 9.69 Å². The van der Waals surface area contributed by atoms with Crippen molar-refractivity contribution in [3.63, 3.8) is 0 Å². The number of hydrogen-bond acceptors (Lipinski definition) is 4. The largest absolute Gasteiger partial charge is 0.379 e. The molecular formula is C18H23N3O3. The van der Waals surface area contributed by atoms with Gasteiger partial charge >= 0.3 is 6.03 Å². The predicted molar refractivity (Wildman–Crippen MR) is 88.3 cm³/mol. The molecule has 2 fully saturated rings. The molecule has 6 nitrogen and oxygen atoms in total. The lowest BCUT2D eigenvalue weighted by molar-refractivity contribution is -0.134. The fourth-order valence-electron chi connectivity index (χ4n) is 4.04. The Bertz CT molecular complexity index is 657. The van der Waals surface area contributed by atoms with Gasteiger partial charge in [0, 0.05) is 13.1 Å². The number of rotatable bonds is 2. The molecular weight excluding hydrogens is 306 g/mol. The highest BCUT2D eigenvalue weighted by Crippen LogP contribution is 2.38. The lowest BCUT2D eigenvalue weighted by atomic mass is 9.84. The Kier molecular flexibility index (Phi) is 4.02. The summed E-state index contributed by atoms with van der Waals surface area (Å²) in [5, 5.41) is 3.03. The van der Waals surface area contributed by atoms with Gasteiger partial charge in [-0.15, -0.1) is 0 Å². The third-order valence-electron chi connectivity index (χ3n) is 5.35. The molecule has 1 aromatic carbocycles. The Balaban J connectivity index is 1.64. The Morgan fingerprint density at radius 1 is 1.12 bits per heavy atom. The molecule has 0 radical (unpaired) electrons. The van der Waals surface area contributed by atoms with Crippen LogP contribution in [0.4, 0.5) is 4.79 Å². The van der Waals surface area contributed by atoms with Gasteiger partial charge in [0.05, 0.1) is 19.9 Å². The number of fused-ring (bicyclic) bond motifs is 2. The molecule has 6 heteroatoms. The van der Waals surface area contributed by atoms with Crippen molar-refractivity contribution in [2.75, 3.05) is 33.0 Å². The highest BCUT2D eigenvalue weighted by Gasteiger charge is 2.53. The highest BCUT2D eigenvalue weighted by atomic mass is 16.5. The van der Waals surface area contributed by atoms with Crippen molar-refractivity contribution in [2.45, 2.75) is 31.2 Å². The molecule has 1 spiro atoms. The van der Waals surface area contributed by atoms with Crippen LogP contribution in [0.2, 0.25) is 0 Å². The van der Waals surface area contributed by atoms with E-state index in [0.717, 1.165) is 37.9 Å². The Morgan fingerprint density at radius 2 is 1.92 bits per heavy atom. The Morgan fingerprint density at radius 3 is 2.75 bits per heavy atom. The third-order valence-corrected chi connectivity index (χ3v) is 5.35. The molecule has 1 N–H and O–H groups in total. The number of carbonyl (C=O) groups is 2. The molecule has 128 valence electrons. The summed E-state index contributed by atoms with van der Waals surface area (Å²) in [6, 6.07) is 7.76. The summed E-state index contributed by atoms with van der Waals surface area (Å²) < 4.78 is 5.35. The van der Waals surface area contributed by atoms with Crippen LogP contribution in [0.3, 0.4) is 0 Å². The molecule has 1 aliphatic carbocycles. The van der Waals surface area contributed by atoms with Crippen LogP contribution in [0, 0.1) is 0 Å². The zero-order valence-corrected chi connectivity index (χ0v) is 13.8. The number of aryl methyl sites for hydroxylation is 1. The van der Waals surface area contributed by atoms with Gasteiger partial charge in [-0.05, 0) is 36.8 Å². The lowest BCUT2D eigenvalue weighted by Gasteiger charge is -2.31. The van der Waals surface area contributed by atoms with Gasteiger partial charge in [0.15, 0.2) is 0 Å². The summed E-state index contributed by atoms with van der Waals surface area (Å²) in [6.07, 6.45) is 3.62. The lowest BCUT2D eigenvalue weighted by Crippen LogP contribution is -2.48. The van der Waals surface area contributed by atoms with Crippen LogP contribution in [-0.4, -0.2) is 54.7 Å². The Labute approximate surface area is 141 Å². The average molecular weight is 329 g/mol. The van der Waals surface area contributed by atoms with E-state index in [-0.39, 0.29) is 11.9 Å². The number of amides is 3. The van der Waals surface area contributed by atoms with Crippen molar-refractivity contribution in [3.05, 3.63) is 35.4 Å². The molecule has 1 aromatic rings. The van der Waals surface area contributed by atoms with Gasteiger partial charge in [-0.3, -0.25) is 9.69 Å². The summed E-state index contributed by atoms with van der Waals surface area (Å²) in [7, 11) is 0. The number of morpholine rings is 1. The van der Waals surface area contributed by atoms with Crippen LogP contribution in [-0.2, 0) is 21.5 Å². The maximum absolute atomic E-state index is 13.3. The minimum Gasteiger partial charge on any atom is -0.379 e. The van der Waals surface area contributed by atoms with Crippen LogP contribution >= 0.6 is 0 Å². The van der Waals surface area contributed by atoms with E-state index in [1.54, 1.807) is 0 Å². The van der Waals surface area contributed by atoms with Crippen LogP contribution in [0.25, 0.3) is 0 Å². The topological polar surface area (TPSA) is 61.9 Å². The predicted octanol–water partition coefficient (Wildman–Crippen LogP) is 1.45. The first-order valence-electron chi connectivity index (χ1n) is 8.73. The standard InChI is InChI=1S/C18H23N3O3/c22-16-18(8-4-3-6-14-5-1-2-7-15(14)18)19-17(23)21(16)13-20-9-11-24-12-10-20/h1-2,5,7H,3-4,6,8-13H2,(H,19,23). The fraction of sp³-hybridized carbons (Fsp3) is 0.556. The summed E-state index contributed by atoms with van der Waals surface area (Å²) >= 11 is 0. The summed E-state index contributed by atoms with van der Waals surface area (Å²) in [4.78, 5) is 29.3. The van der Waals surface area contributed by atoms with Gasteiger partial charge < -0.3 is 10.1 Å². The van der Waals surface area contributed by atoms with Gasteiger partial charge in [0.25, 0.3) is 5.91 Å². The first kappa shape index (κ1) is 15.6. The van der Waals surface area contributed by atoms with E-state index in [1.165, 1.54) is 10.5 Å². The number of urea groups is 1. The van der Waals surface area contributed by atoms with Gasteiger partial charge in [0.2, 0.25) is 0 Å². The fourth-order valence-corrected chi connectivity index (χ4v) is 4.04. The van der Waals surface area contributed by atoms with Crippen LogP contribution < -0.4 is 5.32 Å². The van der Waals surface area contributed by atoms with Crippen molar-refractivity contribution in [2.24, 2.45) is 0 Å². The number of carbonyl (C=O) groups excluding carboxylic acids is 2. The van der Waals surface area contributed by atoms with E-state index in [9.17, 15) is 9.59 Å². The van der Waals surface area contributed by atoms with E-state index in [0.29, 0.717) is 26.3 Å². The molecule has 1 unspecified atom stereocenters. The normalized spacial score (nSPS) is 27.9. The molecule has 0 saturated carbocycles. The van der Waals surface area contributed by atoms with Crippen LogP contribution in [0.5, 0.6) is 0 Å². The Hall–Kier alpha value is -1.92. The van der Waals surface area contributed by atoms with E-state index in [4.69, 9.17) is 4.74 Å². The highest BCUT2D eigenvalue weighted by molar-refractivity contribution is 6.07. The van der Waals surface area contributed by atoms with Crippen molar-refractivity contribution < 1.29 is 14.3 Å². The zero-order valence-electron chi connectivity index (χ0n) is 13.8. The molecule has 3 aliphatic rings. The van der Waals surface area contributed by atoms with Gasteiger partial charge in [-0.2, -0.15) is 0 Å². The number of nitrogens with zero attached hydrogens (tertiary/aromatic N) is 2. The molecule has 2 saturated heterocycles. The number of imide groups is 1. The van der Waals surface area contributed by atoms with E-state index in [2.05, 4.69) is 16.3 Å². The SMILES string of the molecule is O=C1NC2(CCCCc3ccccc32)C(=O)N1CN1CCOCC1. The van der Waals surface area contributed by atoms with E-state index < -0.39 is 5.54 Å². The van der Waals surface area contributed by atoms with Gasteiger partial charge in [0.1, 0.15) is 5.54 Å². The molecule has 24 heavy (non-hydrogen) atoms. The van der Waals surface area contributed by atoms with Gasteiger partial charge in [-0.1, -0.05) is 24.3 Å². The summed E-state index contributed by atoms with van der Waals surface area (Å²) in [5.74, 6) is -0.103. The molecule has 4 rings (SSSR count). The first-order valence-corrected chi connectivity index (χ1v) is 8.73. The van der Waals surface area contributed by atoms with Crippen molar-refractivity contribution in [1.29, 1.82) is 0 Å². The van der Waals surface area contributed by atoms with Crippen molar-refractivity contribution in [3.8, 4) is 0 Å². The van der Waals surface area contributed by atoms with E-state index >= 15 is 0 Å². The molecule has 3 amide bonds. The van der Waals surface area contributed by atoms with Crippen LogP contribution in [0.1, 0.15) is 30.4 Å². The summed E-state index contributed by atoms with van der Waals surface area (Å²) in [6.45, 7) is 3.15. The first-order chi connectivity index (χ1) is 11.7. The maximum atomic E-state index is 13.3. The smallest absolute Gasteiger partial charge is 0.326 e. The minimum absolute atomic E-state index is 0.103.